The maximum absolute atomic E-state index is 12.4. The van der Waals surface area contributed by atoms with Crippen molar-refractivity contribution in [3.63, 3.8) is 0 Å². The predicted octanol–water partition coefficient (Wildman–Crippen LogP) is 5.10. The summed E-state index contributed by atoms with van der Waals surface area (Å²) < 4.78 is 5.05. The van der Waals surface area contributed by atoms with E-state index in [1.54, 1.807) is 24.3 Å². The molecule has 0 fully saturated rings. The first kappa shape index (κ1) is 16.1. The van der Waals surface area contributed by atoms with Gasteiger partial charge in [-0.05, 0) is 40.6 Å². The first-order chi connectivity index (χ1) is 11.6. The number of carbonyl (C=O) groups is 1. The Balaban J connectivity index is 1.88. The molecule has 3 nitrogen and oxygen atoms in total. The number of hydrogen-bond acceptors (Lipinski definition) is 3. The van der Waals surface area contributed by atoms with Gasteiger partial charge in [-0.25, -0.2) is 0 Å². The van der Waals surface area contributed by atoms with Crippen LogP contribution >= 0.6 is 11.6 Å². The van der Waals surface area contributed by atoms with Crippen molar-refractivity contribution >= 4 is 34.2 Å². The number of ketones is 1. The molecule has 3 rings (SSSR count). The lowest BCUT2D eigenvalue weighted by molar-refractivity contribution is 0.104. The fraction of sp³-hybridized carbons (Fsp3) is 0.0500. The van der Waals surface area contributed by atoms with E-state index in [1.807, 2.05) is 36.4 Å². The first-order valence-electron chi connectivity index (χ1n) is 7.36. The second kappa shape index (κ2) is 6.77. The van der Waals surface area contributed by atoms with E-state index >= 15 is 0 Å². The Morgan fingerprint density at radius 2 is 1.83 bits per heavy atom. The van der Waals surface area contributed by atoms with Crippen LogP contribution in [0.5, 0.6) is 11.5 Å². The summed E-state index contributed by atoms with van der Waals surface area (Å²) in [6.07, 6.45) is 3.12. The topological polar surface area (TPSA) is 46.5 Å². The van der Waals surface area contributed by atoms with Crippen LogP contribution < -0.4 is 4.74 Å². The summed E-state index contributed by atoms with van der Waals surface area (Å²) >= 11 is 5.95. The quantitative estimate of drug-likeness (QED) is 0.531. The maximum atomic E-state index is 12.4. The number of phenolic OH excluding ortho intramolecular Hbond substituents is 1. The largest absolute Gasteiger partial charge is 0.503 e. The molecule has 0 amide bonds. The number of benzene rings is 3. The van der Waals surface area contributed by atoms with Gasteiger partial charge in [0.2, 0.25) is 0 Å². The highest BCUT2D eigenvalue weighted by molar-refractivity contribution is 6.32. The van der Waals surface area contributed by atoms with E-state index < -0.39 is 0 Å². The molecule has 120 valence electrons. The van der Waals surface area contributed by atoms with Crippen LogP contribution in [0.15, 0.2) is 60.7 Å². The lowest BCUT2D eigenvalue weighted by Crippen LogP contribution is -1.94. The Bertz CT molecular complexity index is 945. The van der Waals surface area contributed by atoms with Crippen molar-refractivity contribution in [3.05, 3.63) is 76.8 Å². The van der Waals surface area contributed by atoms with Crippen molar-refractivity contribution in [1.82, 2.24) is 0 Å². The van der Waals surface area contributed by atoms with Crippen LogP contribution in [-0.2, 0) is 0 Å². The molecule has 0 radical (unpaired) electrons. The van der Waals surface area contributed by atoms with E-state index in [1.165, 1.54) is 13.2 Å². The Morgan fingerprint density at radius 1 is 1.08 bits per heavy atom. The van der Waals surface area contributed by atoms with E-state index in [2.05, 4.69) is 0 Å². The number of hydrogen-bond donors (Lipinski definition) is 1. The van der Waals surface area contributed by atoms with Gasteiger partial charge in [-0.3, -0.25) is 4.79 Å². The summed E-state index contributed by atoms with van der Waals surface area (Å²) in [4.78, 5) is 12.4. The van der Waals surface area contributed by atoms with Crippen molar-refractivity contribution in [2.24, 2.45) is 0 Å². The maximum Gasteiger partial charge on any atom is 0.185 e. The summed E-state index contributed by atoms with van der Waals surface area (Å²) in [5.74, 6) is 0.0430. The molecule has 0 saturated carbocycles. The molecule has 0 heterocycles. The number of aromatic hydroxyl groups is 1. The lowest BCUT2D eigenvalue weighted by Gasteiger charge is -2.06. The van der Waals surface area contributed by atoms with Gasteiger partial charge in [-0.15, -0.1) is 0 Å². The third-order valence-corrected chi connectivity index (χ3v) is 4.02. The number of carbonyl (C=O) groups excluding carboxylic acids is 1. The number of ether oxygens (including phenoxy) is 1. The van der Waals surface area contributed by atoms with Gasteiger partial charge in [0.15, 0.2) is 17.3 Å². The molecule has 0 spiro atoms. The SMILES string of the molecule is COc1cc(C=CC(=O)c2ccc3ccccc3c2)cc(Cl)c1O. The summed E-state index contributed by atoms with van der Waals surface area (Å²) in [5, 5.41) is 12.0. The highest BCUT2D eigenvalue weighted by Crippen LogP contribution is 2.35. The van der Waals surface area contributed by atoms with Gasteiger partial charge in [-0.1, -0.05) is 54.1 Å². The van der Waals surface area contributed by atoms with E-state index in [-0.39, 0.29) is 22.3 Å². The van der Waals surface area contributed by atoms with Crippen LogP contribution in [0.25, 0.3) is 16.8 Å². The Kier molecular flexibility index (Phi) is 4.54. The minimum atomic E-state index is -0.114. The normalized spacial score (nSPS) is 11.1. The molecule has 1 N–H and O–H groups in total. The Hall–Kier alpha value is -2.78. The van der Waals surface area contributed by atoms with E-state index in [0.717, 1.165) is 10.8 Å². The minimum Gasteiger partial charge on any atom is -0.503 e. The number of fused-ring (bicyclic) bond motifs is 1. The first-order valence-corrected chi connectivity index (χ1v) is 7.74. The molecular weight excluding hydrogens is 324 g/mol. The molecule has 0 unspecified atom stereocenters. The summed E-state index contributed by atoms with van der Waals surface area (Å²) in [6.45, 7) is 0. The summed E-state index contributed by atoms with van der Waals surface area (Å²) in [6, 6.07) is 16.7. The van der Waals surface area contributed by atoms with Gasteiger partial charge in [0.1, 0.15) is 0 Å². The number of phenols is 1. The van der Waals surface area contributed by atoms with Crippen LogP contribution in [0, 0.1) is 0 Å². The molecule has 0 aliphatic carbocycles. The molecule has 0 atom stereocenters. The van der Waals surface area contributed by atoms with Gasteiger partial charge >= 0.3 is 0 Å². The van der Waals surface area contributed by atoms with Crippen molar-refractivity contribution < 1.29 is 14.6 Å². The van der Waals surface area contributed by atoms with Crippen molar-refractivity contribution in [2.45, 2.75) is 0 Å². The van der Waals surface area contributed by atoms with Gasteiger partial charge in [0.05, 0.1) is 12.1 Å². The molecule has 3 aromatic carbocycles. The summed E-state index contributed by atoms with van der Waals surface area (Å²) in [7, 11) is 1.44. The molecule has 0 aromatic heterocycles. The van der Waals surface area contributed by atoms with Crippen LogP contribution in [-0.4, -0.2) is 18.0 Å². The van der Waals surface area contributed by atoms with Crippen LogP contribution in [0.3, 0.4) is 0 Å². The average molecular weight is 339 g/mol. The molecule has 24 heavy (non-hydrogen) atoms. The molecular formula is C20H15ClO3. The van der Waals surface area contributed by atoms with Gasteiger partial charge in [0.25, 0.3) is 0 Å². The fourth-order valence-corrected chi connectivity index (χ4v) is 2.68. The number of allylic oxidation sites excluding steroid dienone is 1. The molecule has 0 bridgehead atoms. The average Bonchev–Trinajstić information content (AvgIpc) is 2.61. The molecule has 0 aliphatic rings. The number of rotatable bonds is 4. The molecule has 0 aliphatic heterocycles. The highest BCUT2D eigenvalue weighted by Gasteiger charge is 2.08. The Morgan fingerprint density at radius 3 is 2.58 bits per heavy atom. The fourth-order valence-electron chi connectivity index (χ4n) is 2.46. The number of methoxy groups -OCH3 is 1. The van der Waals surface area contributed by atoms with Crippen molar-refractivity contribution in [2.75, 3.05) is 7.11 Å². The molecule has 0 saturated heterocycles. The van der Waals surface area contributed by atoms with Crippen LogP contribution in [0.1, 0.15) is 15.9 Å². The van der Waals surface area contributed by atoms with E-state index in [0.29, 0.717) is 11.1 Å². The van der Waals surface area contributed by atoms with Gasteiger partial charge in [-0.2, -0.15) is 0 Å². The monoisotopic (exact) mass is 338 g/mol. The standard InChI is InChI=1S/C20H15ClO3/c1-24-19-11-13(10-17(21)20(19)23)6-9-18(22)16-8-7-14-4-2-3-5-15(14)12-16/h2-12,23H,1H3. The third-order valence-electron chi connectivity index (χ3n) is 3.73. The second-order valence-corrected chi connectivity index (χ2v) is 5.72. The van der Waals surface area contributed by atoms with Crippen LogP contribution in [0.4, 0.5) is 0 Å². The molecule has 3 aromatic rings. The molecule has 4 heteroatoms. The zero-order valence-electron chi connectivity index (χ0n) is 13.0. The van der Waals surface area contributed by atoms with E-state index in [4.69, 9.17) is 16.3 Å². The van der Waals surface area contributed by atoms with Gasteiger partial charge in [0, 0.05) is 5.56 Å². The van der Waals surface area contributed by atoms with Gasteiger partial charge < -0.3 is 9.84 Å². The Labute approximate surface area is 144 Å². The predicted molar refractivity (Wildman–Crippen MR) is 97.0 cm³/mol. The van der Waals surface area contributed by atoms with E-state index in [9.17, 15) is 9.90 Å². The third kappa shape index (κ3) is 3.26. The second-order valence-electron chi connectivity index (χ2n) is 5.31. The highest BCUT2D eigenvalue weighted by atomic mass is 35.5. The van der Waals surface area contributed by atoms with Crippen molar-refractivity contribution in [3.8, 4) is 11.5 Å². The van der Waals surface area contributed by atoms with Crippen molar-refractivity contribution in [1.29, 1.82) is 0 Å². The van der Waals surface area contributed by atoms with Crippen LogP contribution in [0.2, 0.25) is 5.02 Å². The number of halogens is 1. The summed E-state index contributed by atoms with van der Waals surface area (Å²) in [5.41, 5.74) is 1.28. The lowest BCUT2D eigenvalue weighted by atomic mass is 10.0. The minimum absolute atomic E-state index is 0.107. The smallest absolute Gasteiger partial charge is 0.185 e. The zero-order valence-corrected chi connectivity index (χ0v) is 13.7. The zero-order chi connectivity index (χ0) is 17.1.